The molecule has 0 unspecified atom stereocenters. The normalized spacial score (nSPS) is 21.4. The Morgan fingerprint density at radius 3 is 2.62 bits per heavy atom. The zero-order chi connectivity index (χ0) is 11.2. The predicted octanol–water partition coefficient (Wildman–Crippen LogP) is 2.27. The number of hydrogen-bond acceptors (Lipinski definition) is 3. The fraction of sp³-hybridized carbons (Fsp3) is 0.538. The van der Waals surface area contributed by atoms with E-state index in [2.05, 4.69) is 4.90 Å². The Morgan fingerprint density at radius 1 is 1.31 bits per heavy atom. The van der Waals surface area contributed by atoms with Gasteiger partial charge in [0.25, 0.3) is 0 Å². The molecule has 1 aliphatic heterocycles. The van der Waals surface area contributed by atoms with Crippen molar-refractivity contribution in [1.82, 2.24) is 0 Å². The summed E-state index contributed by atoms with van der Waals surface area (Å²) in [6, 6.07) is 5.86. The van der Waals surface area contributed by atoms with E-state index in [9.17, 15) is 0 Å². The highest BCUT2D eigenvalue weighted by Crippen LogP contribution is 2.50. The summed E-state index contributed by atoms with van der Waals surface area (Å²) in [5, 5.41) is 0. The fourth-order valence-electron chi connectivity index (χ4n) is 2.88. The third kappa shape index (κ3) is 1.34. The Morgan fingerprint density at radius 2 is 2.06 bits per heavy atom. The molecule has 16 heavy (non-hydrogen) atoms. The first kappa shape index (κ1) is 9.82. The lowest BCUT2D eigenvalue weighted by Crippen LogP contribution is -2.59. The molecule has 1 heterocycles. The molecule has 86 valence electrons. The monoisotopic (exact) mass is 218 g/mol. The van der Waals surface area contributed by atoms with Gasteiger partial charge in [-0.25, -0.2) is 0 Å². The summed E-state index contributed by atoms with van der Waals surface area (Å²) in [7, 11) is 1.72. The molecule has 0 amide bonds. The van der Waals surface area contributed by atoms with Crippen LogP contribution >= 0.6 is 0 Å². The molecule has 1 aromatic carbocycles. The maximum atomic E-state index is 5.83. The van der Waals surface area contributed by atoms with E-state index in [1.165, 1.54) is 32.4 Å². The second kappa shape index (κ2) is 3.30. The molecule has 0 atom stereocenters. The SMILES string of the molecule is COc1ccc(N)cc1N1CC2(CCC2)C1. The van der Waals surface area contributed by atoms with Gasteiger partial charge in [0.05, 0.1) is 12.8 Å². The van der Waals surface area contributed by atoms with Crippen LogP contribution in [0.15, 0.2) is 18.2 Å². The molecule has 0 radical (unpaired) electrons. The molecular weight excluding hydrogens is 200 g/mol. The van der Waals surface area contributed by atoms with Gasteiger partial charge < -0.3 is 15.4 Å². The maximum absolute atomic E-state index is 5.83. The number of nitrogens with two attached hydrogens (primary N) is 1. The Bertz CT molecular complexity index is 404. The molecule has 0 aromatic heterocycles. The van der Waals surface area contributed by atoms with E-state index >= 15 is 0 Å². The number of benzene rings is 1. The van der Waals surface area contributed by atoms with Gasteiger partial charge >= 0.3 is 0 Å². The molecule has 1 aromatic rings. The molecule has 2 aliphatic rings. The highest BCUT2D eigenvalue weighted by molar-refractivity contribution is 5.66. The van der Waals surface area contributed by atoms with Crippen LogP contribution in [0, 0.1) is 5.41 Å². The lowest BCUT2D eigenvalue weighted by atomic mass is 9.63. The van der Waals surface area contributed by atoms with Crippen molar-refractivity contribution in [2.24, 2.45) is 5.41 Å². The summed E-state index contributed by atoms with van der Waals surface area (Å²) in [5.41, 5.74) is 8.43. The van der Waals surface area contributed by atoms with Crippen molar-refractivity contribution in [2.45, 2.75) is 19.3 Å². The summed E-state index contributed by atoms with van der Waals surface area (Å²) in [6.45, 7) is 2.35. The Kier molecular flexibility index (Phi) is 2.03. The van der Waals surface area contributed by atoms with Gasteiger partial charge in [0.2, 0.25) is 0 Å². The number of anilines is 2. The molecule has 1 spiro atoms. The third-order valence-corrected chi connectivity index (χ3v) is 4.01. The third-order valence-electron chi connectivity index (χ3n) is 4.01. The van der Waals surface area contributed by atoms with Gasteiger partial charge in [0.15, 0.2) is 0 Å². The van der Waals surface area contributed by atoms with E-state index in [0.717, 1.165) is 17.1 Å². The first-order valence-corrected chi connectivity index (χ1v) is 5.91. The van der Waals surface area contributed by atoms with Gasteiger partial charge in [0.1, 0.15) is 5.75 Å². The summed E-state index contributed by atoms with van der Waals surface area (Å²) < 4.78 is 5.38. The molecular formula is C13H18N2O. The van der Waals surface area contributed by atoms with Crippen LogP contribution in [0.1, 0.15) is 19.3 Å². The molecule has 3 rings (SSSR count). The van der Waals surface area contributed by atoms with Crippen LogP contribution in [0.3, 0.4) is 0 Å². The topological polar surface area (TPSA) is 38.5 Å². The zero-order valence-electron chi connectivity index (χ0n) is 9.70. The number of hydrogen-bond donors (Lipinski definition) is 1. The summed E-state index contributed by atoms with van der Waals surface area (Å²) in [5.74, 6) is 0.934. The standard InChI is InChI=1S/C13H18N2O/c1-16-12-4-3-10(14)7-11(12)15-8-13(9-15)5-2-6-13/h3-4,7H,2,5-6,8-9,14H2,1H3. The van der Waals surface area contributed by atoms with Crippen molar-refractivity contribution in [3.05, 3.63) is 18.2 Å². The van der Waals surface area contributed by atoms with Crippen molar-refractivity contribution in [3.63, 3.8) is 0 Å². The van der Waals surface area contributed by atoms with Gasteiger partial charge in [-0.05, 0) is 31.0 Å². The first-order valence-electron chi connectivity index (χ1n) is 5.91. The number of nitrogen functional groups attached to an aromatic ring is 1. The Balaban J connectivity index is 1.81. The van der Waals surface area contributed by atoms with Crippen molar-refractivity contribution in [3.8, 4) is 5.75 Å². The Hall–Kier alpha value is -1.38. The van der Waals surface area contributed by atoms with E-state index in [1.807, 2.05) is 18.2 Å². The van der Waals surface area contributed by atoms with E-state index in [4.69, 9.17) is 10.5 Å². The number of ether oxygens (including phenoxy) is 1. The maximum Gasteiger partial charge on any atom is 0.142 e. The van der Waals surface area contributed by atoms with Crippen molar-refractivity contribution < 1.29 is 4.74 Å². The highest BCUT2D eigenvalue weighted by Gasteiger charge is 2.47. The van der Waals surface area contributed by atoms with Gasteiger partial charge in [-0.1, -0.05) is 6.42 Å². The Labute approximate surface area is 96.2 Å². The lowest BCUT2D eigenvalue weighted by Gasteiger charge is -2.57. The minimum absolute atomic E-state index is 0.635. The van der Waals surface area contributed by atoms with Crippen molar-refractivity contribution in [2.75, 3.05) is 30.8 Å². The van der Waals surface area contributed by atoms with E-state index in [0.29, 0.717) is 5.41 Å². The molecule has 2 fully saturated rings. The highest BCUT2D eigenvalue weighted by atomic mass is 16.5. The van der Waals surface area contributed by atoms with Crippen LogP contribution in [0.25, 0.3) is 0 Å². The first-order chi connectivity index (χ1) is 7.72. The lowest BCUT2D eigenvalue weighted by molar-refractivity contribution is 0.0899. The van der Waals surface area contributed by atoms with Gasteiger partial charge in [-0.15, -0.1) is 0 Å². The molecule has 3 nitrogen and oxygen atoms in total. The number of nitrogens with zero attached hydrogens (tertiary/aromatic N) is 1. The fourth-order valence-corrected chi connectivity index (χ4v) is 2.88. The summed E-state index contributed by atoms with van der Waals surface area (Å²) in [6.07, 6.45) is 4.20. The number of methoxy groups -OCH3 is 1. The van der Waals surface area contributed by atoms with Gasteiger partial charge in [-0.2, -0.15) is 0 Å². The van der Waals surface area contributed by atoms with Crippen LogP contribution in [0.4, 0.5) is 11.4 Å². The second-order valence-corrected chi connectivity index (χ2v) is 5.14. The molecule has 1 saturated carbocycles. The van der Waals surface area contributed by atoms with Crippen LogP contribution in [-0.4, -0.2) is 20.2 Å². The van der Waals surface area contributed by atoms with Crippen molar-refractivity contribution >= 4 is 11.4 Å². The van der Waals surface area contributed by atoms with E-state index < -0.39 is 0 Å². The van der Waals surface area contributed by atoms with E-state index in [-0.39, 0.29) is 0 Å². The smallest absolute Gasteiger partial charge is 0.142 e. The minimum atomic E-state index is 0.635. The van der Waals surface area contributed by atoms with Crippen LogP contribution in [-0.2, 0) is 0 Å². The van der Waals surface area contributed by atoms with Gasteiger partial charge in [0, 0.05) is 24.2 Å². The zero-order valence-corrected chi connectivity index (χ0v) is 9.70. The van der Waals surface area contributed by atoms with Crippen LogP contribution < -0.4 is 15.4 Å². The minimum Gasteiger partial charge on any atom is -0.495 e. The molecule has 1 aliphatic carbocycles. The number of rotatable bonds is 2. The molecule has 0 bridgehead atoms. The average molecular weight is 218 g/mol. The van der Waals surface area contributed by atoms with Crippen molar-refractivity contribution in [1.29, 1.82) is 0 Å². The predicted molar refractivity (Wildman–Crippen MR) is 65.9 cm³/mol. The second-order valence-electron chi connectivity index (χ2n) is 5.14. The largest absolute Gasteiger partial charge is 0.495 e. The van der Waals surface area contributed by atoms with Crippen LogP contribution in [0.5, 0.6) is 5.75 Å². The molecule has 3 heteroatoms. The van der Waals surface area contributed by atoms with Gasteiger partial charge in [-0.3, -0.25) is 0 Å². The summed E-state index contributed by atoms with van der Waals surface area (Å²) in [4.78, 5) is 2.38. The van der Waals surface area contributed by atoms with Crippen LogP contribution in [0.2, 0.25) is 0 Å². The molecule has 1 saturated heterocycles. The summed E-state index contributed by atoms with van der Waals surface area (Å²) >= 11 is 0. The average Bonchev–Trinajstić information content (AvgIpc) is 2.14. The molecule has 2 N–H and O–H groups in total. The quantitative estimate of drug-likeness (QED) is 0.774. The van der Waals surface area contributed by atoms with E-state index in [1.54, 1.807) is 7.11 Å².